The standard InChI is InChI=1S/C19H20N2O2/c1-14(2)19(23)21-12-16-8-4-3-7-15(16)11-20(13-22)17-9-5-6-10-18(17)21/h3-10,13-14H,11-12H2,1-2H3. The quantitative estimate of drug-likeness (QED) is 0.798. The third-order valence-corrected chi connectivity index (χ3v) is 4.16. The Morgan fingerprint density at radius 1 is 0.957 bits per heavy atom. The van der Waals surface area contributed by atoms with Crippen LogP contribution in [0.5, 0.6) is 0 Å². The highest BCUT2D eigenvalue weighted by Gasteiger charge is 2.26. The van der Waals surface area contributed by atoms with Crippen LogP contribution in [0, 0.1) is 5.92 Å². The topological polar surface area (TPSA) is 40.6 Å². The predicted octanol–water partition coefficient (Wildman–Crippen LogP) is 3.35. The molecule has 1 aliphatic rings. The Balaban J connectivity index is 2.18. The van der Waals surface area contributed by atoms with Crippen molar-refractivity contribution >= 4 is 23.7 Å². The lowest BCUT2D eigenvalue weighted by atomic mass is 10.0. The highest BCUT2D eigenvalue weighted by atomic mass is 16.2. The number of amides is 2. The van der Waals surface area contributed by atoms with E-state index in [2.05, 4.69) is 0 Å². The summed E-state index contributed by atoms with van der Waals surface area (Å²) in [5.74, 6) is -0.0562. The highest BCUT2D eigenvalue weighted by molar-refractivity contribution is 5.99. The molecule has 0 fully saturated rings. The molecule has 0 saturated heterocycles. The molecule has 0 bridgehead atoms. The Hall–Kier alpha value is -2.62. The van der Waals surface area contributed by atoms with Gasteiger partial charge < -0.3 is 9.80 Å². The van der Waals surface area contributed by atoms with Gasteiger partial charge in [0.1, 0.15) is 0 Å². The summed E-state index contributed by atoms with van der Waals surface area (Å²) in [7, 11) is 0. The first-order valence-corrected chi connectivity index (χ1v) is 7.81. The van der Waals surface area contributed by atoms with E-state index < -0.39 is 0 Å². The van der Waals surface area contributed by atoms with Crippen molar-refractivity contribution in [1.29, 1.82) is 0 Å². The molecule has 1 heterocycles. The van der Waals surface area contributed by atoms with Crippen LogP contribution in [-0.4, -0.2) is 12.3 Å². The zero-order chi connectivity index (χ0) is 16.4. The van der Waals surface area contributed by atoms with E-state index in [4.69, 9.17) is 0 Å². The van der Waals surface area contributed by atoms with Gasteiger partial charge in [-0.3, -0.25) is 9.59 Å². The van der Waals surface area contributed by atoms with Crippen molar-refractivity contribution in [3.05, 3.63) is 59.7 Å². The van der Waals surface area contributed by atoms with Gasteiger partial charge in [-0.1, -0.05) is 50.2 Å². The molecule has 0 radical (unpaired) electrons. The van der Waals surface area contributed by atoms with Crippen LogP contribution >= 0.6 is 0 Å². The molecular weight excluding hydrogens is 288 g/mol. The number of carbonyl (C=O) groups is 2. The van der Waals surface area contributed by atoms with Crippen molar-refractivity contribution in [3.8, 4) is 0 Å². The Labute approximate surface area is 136 Å². The Morgan fingerprint density at radius 3 is 2.13 bits per heavy atom. The van der Waals surface area contributed by atoms with Gasteiger partial charge in [0.15, 0.2) is 0 Å². The lowest BCUT2D eigenvalue weighted by Crippen LogP contribution is -2.37. The minimum Gasteiger partial charge on any atom is -0.309 e. The second-order valence-corrected chi connectivity index (χ2v) is 6.07. The molecule has 0 aliphatic carbocycles. The first-order valence-electron chi connectivity index (χ1n) is 7.81. The van der Waals surface area contributed by atoms with Gasteiger partial charge in [0, 0.05) is 5.92 Å². The molecule has 4 nitrogen and oxygen atoms in total. The number of rotatable bonds is 2. The van der Waals surface area contributed by atoms with Crippen LogP contribution in [0.15, 0.2) is 48.5 Å². The molecule has 0 atom stereocenters. The van der Waals surface area contributed by atoms with Crippen LogP contribution in [0.3, 0.4) is 0 Å². The van der Waals surface area contributed by atoms with Gasteiger partial charge in [-0.2, -0.15) is 0 Å². The molecule has 0 N–H and O–H groups in total. The zero-order valence-electron chi connectivity index (χ0n) is 13.4. The first kappa shape index (κ1) is 15.3. The Kier molecular flexibility index (Phi) is 4.15. The monoisotopic (exact) mass is 308 g/mol. The van der Waals surface area contributed by atoms with Gasteiger partial charge in [-0.15, -0.1) is 0 Å². The average molecular weight is 308 g/mol. The predicted molar refractivity (Wildman–Crippen MR) is 91.2 cm³/mol. The summed E-state index contributed by atoms with van der Waals surface area (Å²) in [6.07, 6.45) is 0.832. The molecule has 23 heavy (non-hydrogen) atoms. The number of fused-ring (bicyclic) bond motifs is 2. The van der Waals surface area contributed by atoms with Crippen LogP contribution in [0.2, 0.25) is 0 Å². The molecule has 118 valence electrons. The van der Waals surface area contributed by atoms with Gasteiger partial charge in [0.05, 0.1) is 24.5 Å². The highest BCUT2D eigenvalue weighted by Crippen LogP contribution is 2.34. The SMILES string of the molecule is CC(C)C(=O)N1Cc2ccccc2CN(C=O)c2ccccc21. The molecule has 1 aliphatic heterocycles. The largest absolute Gasteiger partial charge is 0.309 e. The maximum atomic E-state index is 12.7. The maximum Gasteiger partial charge on any atom is 0.229 e. The summed E-state index contributed by atoms with van der Waals surface area (Å²) in [6.45, 7) is 4.83. The van der Waals surface area contributed by atoms with E-state index in [-0.39, 0.29) is 11.8 Å². The van der Waals surface area contributed by atoms with Gasteiger partial charge in [-0.25, -0.2) is 0 Å². The summed E-state index contributed by atoms with van der Waals surface area (Å²) >= 11 is 0. The number of nitrogens with zero attached hydrogens (tertiary/aromatic N) is 2. The molecule has 2 aromatic rings. The van der Waals surface area contributed by atoms with Crippen LogP contribution in [0.4, 0.5) is 11.4 Å². The molecule has 4 heteroatoms. The van der Waals surface area contributed by atoms with Gasteiger partial charge in [0.2, 0.25) is 12.3 Å². The van der Waals surface area contributed by atoms with Crippen molar-refractivity contribution in [2.45, 2.75) is 26.9 Å². The lowest BCUT2D eigenvalue weighted by Gasteiger charge is -2.33. The normalized spacial score (nSPS) is 13.9. The number of hydrogen-bond donors (Lipinski definition) is 0. The molecule has 3 rings (SSSR count). The summed E-state index contributed by atoms with van der Waals surface area (Å²) in [6, 6.07) is 15.5. The fourth-order valence-electron chi connectivity index (χ4n) is 2.93. The van der Waals surface area contributed by atoms with Gasteiger partial charge in [-0.05, 0) is 23.3 Å². The third kappa shape index (κ3) is 2.84. The van der Waals surface area contributed by atoms with E-state index in [9.17, 15) is 9.59 Å². The lowest BCUT2D eigenvalue weighted by molar-refractivity contribution is -0.121. The van der Waals surface area contributed by atoms with Crippen molar-refractivity contribution < 1.29 is 9.59 Å². The molecule has 0 aromatic heterocycles. The second kappa shape index (κ2) is 6.24. The Bertz CT molecular complexity index is 740. The summed E-state index contributed by atoms with van der Waals surface area (Å²) in [4.78, 5) is 27.8. The summed E-state index contributed by atoms with van der Waals surface area (Å²) in [5.41, 5.74) is 3.69. The molecule has 0 unspecified atom stereocenters. The van der Waals surface area contributed by atoms with E-state index in [0.29, 0.717) is 13.1 Å². The fourth-order valence-corrected chi connectivity index (χ4v) is 2.93. The van der Waals surface area contributed by atoms with E-state index in [1.807, 2.05) is 62.4 Å². The molecule has 0 spiro atoms. The van der Waals surface area contributed by atoms with E-state index in [1.54, 1.807) is 9.80 Å². The van der Waals surface area contributed by atoms with Gasteiger partial charge >= 0.3 is 0 Å². The number of benzene rings is 2. The molecule has 2 amide bonds. The number of carbonyl (C=O) groups excluding carboxylic acids is 2. The van der Waals surface area contributed by atoms with Crippen molar-refractivity contribution in [2.24, 2.45) is 5.92 Å². The summed E-state index contributed by atoms with van der Waals surface area (Å²) in [5, 5.41) is 0. The smallest absolute Gasteiger partial charge is 0.229 e. The first-order chi connectivity index (χ1) is 11.1. The van der Waals surface area contributed by atoms with Crippen LogP contribution in [0.1, 0.15) is 25.0 Å². The number of anilines is 2. The second-order valence-electron chi connectivity index (χ2n) is 6.07. The molecular formula is C19H20N2O2. The average Bonchev–Trinajstić information content (AvgIpc) is 2.56. The zero-order valence-corrected chi connectivity index (χ0v) is 13.4. The molecule has 2 aromatic carbocycles. The minimum absolute atomic E-state index is 0.0556. The number of para-hydroxylation sites is 2. The molecule has 0 saturated carbocycles. The van der Waals surface area contributed by atoms with Crippen molar-refractivity contribution in [3.63, 3.8) is 0 Å². The number of hydrogen-bond acceptors (Lipinski definition) is 2. The Morgan fingerprint density at radius 2 is 1.52 bits per heavy atom. The van der Waals surface area contributed by atoms with E-state index in [1.165, 1.54) is 0 Å². The summed E-state index contributed by atoms with van der Waals surface area (Å²) < 4.78 is 0. The van der Waals surface area contributed by atoms with Crippen molar-refractivity contribution in [1.82, 2.24) is 0 Å². The van der Waals surface area contributed by atoms with Crippen molar-refractivity contribution in [2.75, 3.05) is 9.80 Å². The maximum absolute atomic E-state index is 12.7. The van der Waals surface area contributed by atoms with E-state index >= 15 is 0 Å². The fraction of sp³-hybridized carbons (Fsp3) is 0.263. The third-order valence-electron chi connectivity index (χ3n) is 4.16. The van der Waals surface area contributed by atoms with Crippen LogP contribution in [0.25, 0.3) is 0 Å². The van der Waals surface area contributed by atoms with E-state index in [0.717, 1.165) is 28.9 Å². The van der Waals surface area contributed by atoms with Crippen LogP contribution < -0.4 is 9.80 Å². The minimum atomic E-state index is -0.112. The van der Waals surface area contributed by atoms with Gasteiger partial charge in [0.25, 0.3) is 0 Å². The van der Waals surface area contributed by atoms with Crippen LogP contribution in [-0.2, 0) is 22.7 Å².